The summed E-state index contributed by atoms with van der Waals surface area (Å²) < 4.78 is 0. The molecule has 0 aliphatic carbocycles. The molecule has 0 N–H and O–H groups in total. The van der Waals surface area contributed by atoms with Crippen LogP contribution in [0.25, 0.3) is 11.1 Å². The molecule has 0 saturated carbocycles. The van der Waals surface area contributed by atoms with Gasteiger partial charge in [-0.3, -0.25) is 0 Å². The van der Waals surface area contributed by atoms with Crippen LogP contribution in [0, 0.1) is 0 Å². The minimum Gasteiger partial charge on any atom is -0.0654 e. The summed E-state index contributed by atoms with van der Waals surface area (Å²) in [4.78, 5) is 0. The highest BCUT2D eigenvalue weighted by molar-refractivity contribution is 5.68. The Balaban J connectivity index is 1.85. The highest BCUT2D eigenvalue weighted by Crippen LogP contribution is 2.29. The van der Waals surface area contributed by atoms with E-state index in [0.717, 1.165) is 0 Å². The smallest absolute Gasteiger partial charge is 0.0149 e. The van der Waals surface area contributed by atoms with Crippen LogP contribution in [0.2, 0.25) is 0 Å². The first-order valence-electron chi connectivity index (χ1n) is 14.0. The van der Waals surface area contributed by atoms with Gasteiger partial charge in [-0.15, -0.1) is 0 Å². The van der Waals surface area contributed by atoms with E-state index in [1.807, 2.05) is 0 Å². The Morgan fingerprint density at radius 1 is 0.438 bits per heavy atom. The summed E-state index contributed by atoms with van der Waals surface area (Å²) in [6, 6.07) is 18.1. The van der Waals surface area contributed by atoms with E-state index in [9.17, 15) is 0 Å². The van der Waals surface area contributed by atoms with E-state index in [-0.39, 0.29) is 0 Å². The zero-order valence-electron chi connectivity index (χ0n) is 21.3. The van der Waals surface area contributed by atoms with Crippen LogP contribution in [0.3, 0.4) is 0 Å². The highest BCUT2D eigenvalue weighted by atomic mass is 14.1. The molecule has 0 aromatic heterocycles. The number of unbranched alkanes of at least 4 members (excludes halogenated alkanes) is 14. The van der Waals surface area contributed by atoms with Crippen molar-refractivity contribution in [3.05, 3.63) is 59.7 Å². The van der Waals surface area contributed by atoms with E-state index in [1.165, 1.54) is 127 Å². The molecule has 0 heteroatoms. The fourth-order valence-electron chi connectivity index (χ4n) is 4.94. The van der Waals surface area contributed by atoms with Crippen molar-refractivity contribution >= 4 is 0 Å². The molecule has 0 amide bonds. The third kappa shape index (κ3) is 10.8. The Labute approximate surface area is 200 Å². The van der Waals surface area contributed by atoms with Crippen molar-refractivity contribution in [2.45, 2.75) is 129 Å². The number of hydrogen-bond acceptors (Lipinski definition) is 0. The molecule has 32 heavy (non-hydrogen) atoms. The normalized spacial score (nSPS) is 11.2. The molecule has 0 fully saturated rings. The summed E-state index contributed by atoms with van der Waals surface area (Å²) in [6.45, 7) is 4.60. The molecule has 0 bridgehead atoms. The Morgan fingerprint density at radius 2 is 0.938 bits per heavy atom. The second-order valence-corrected chi connectivity index (χ2v) is 9.76. The molecule has 0 aliphatic rings. The number of aryl methyl sites for hydroxylation is 1. The van der Waals surface area contributed by atoms with Gasteiger partial charge in [-0.1, -0.05) is 152 Å². The first kappa shape index (κ1) is 26.7. The zero-order chi connectivity index (χ0) is 22.7. The number of benzene rings is 2. The van der Waals surface area contributed by atoms with Crippen LogP contribution < -0.4 is 0 Å². The lowest BCUT2D eigenvalue weighted by Gasteiger charge is -2.16. The number of rotatable bonds is 19. The quantitative estimate of drug-likeness (QED) is 0.193. The van der Waals surface area contributed by atoms with E-state index in [4.69, 9.17) is 0 Å². The first-order valence-corrected chi connectivity index (χ1v) is 14.0. The monoisotopic (exact) mass is 434 g/mol. The molecule has 0 radical (unpaired) electrons. The fraction of sp³-hybridized carbons (Fsp3) is 0.625. The summed E-state index contributed by atoms with van der Waals surface area (Å²) in [5.41, 5.74) is 6.11. The maximum absolute atomic E-state index is 2.41. The van der Waals surface area contributed by atoms with E-state index < -0.39 is 0 Å². The lowest BCUT2D eigenvalue weighted by atomic mass is 9.89. The van der Waals surface area contributed by atoms with Gasteiger partial charge in [-0.05, 0) is 47.9 Å². The second kappa shape index (κ2) is 17.9. The van der Waals surface area contributed by atoms with Gasteiger partial charge in [0.15, 0.2) is 0 Å². The third-order valence-electron chi connectivity index (χ3n) is 6.94. The van der Waals surface area contributed by atoms with Gasteiger partial charge < -0.3 is 0 Å². The average Bonchev–Trinajstić information content (AvgIpc) is 2.83. The van der Waals surface area contributed by atoms with Gasteiger partial charge >= 0.3 is 0 Å². The van der Waals surface area contributed by atoms with Gasteiger partial charge in [0.05, 0.1) is 0 Å². The topological polar surface area (TPSA) is 0 Å². The Kier molecular flexibility index (Phi) is 15.0. The first-order chi connectivity index (χ1) is 15.9. The molecule has 0 nitrogen and oxygen atoms in total. The lowest BCUT2D eigenvalue weighted by molar-refractivity contribution is 0.556. The zero-order valence-corrected chi connectivity index (χ0v) is 21.3. The lowest BCUT2D eigenvalue weighted by Crippen LogP contribution is -1.99. The minimum absolute atomic E-state index is 1.24. The summed E-state index contributed by atoms with van der Waals surface area (Å²) in [7, 11) is 0. The molecule has 2 aromatic rings. The van der Waals surface area contributed by atoms with Crippen molar-refractivity contribution in [1.29, 1.82) is 0 Å². The molecule has 0 heterocycles. The summed E-state index contributed by atoms with van der Waals surface area (Å²) in [5.74, 6) is 0. The van der Waals surface area contributed by atoms with Gasteiger partial charge in [0.2, 0.25) is 0 Å². The van der Waals surface area contributed by atoms with Gasteiger partial charge in [-0.25, -0.2) is 0 Å². The average molecular weight is 435 g/mol. The predicted octanol–water partition coefficient (Wildman–Crippen LogP) is 10.7. The van der Waals surface area contributed by atoms with Crippen molar-refractivity contribution in [2.75, 3.05) is 0 Å². The summed E-state index contributed by atoms with van der Waals surface area (Å²) in [5, 5.41) is 0. The molecule has 2 rings (SSSR count). The van der Waals surface area contributed by atoms with Crippen LogP contribution in [0.5, 0.6) is 0 Å². The van der Waals surface area contributed by atoms with Crippen LogP contribution in [-0.4, -0.2) is 0 Å². The van der Waals surface area contributed by atoms with Gasteiger partial charge in [0.25, 0.3) is 0 Å². The van der Waals surface area contributed by atoms with Crippen LogP contribution in [0.4, 0.5) is 0 Å². The van der Waals surface area contributed by atoms with Crippen LogP contribution in [-0.2, 0) is 12.8 Å². The maximum Gasteiger partial charge on any atom is -0.0149 e. The van der Waals surface area contributed by atoms with E-state index in [2.05, 4.69) is 62.4 Å². The molecule has 0 spiro atoms. The van der Waals surface area contributed by atoms with E-state index in [1.54, 1.807) is 11.1 Å². The third-order valence-corrected chi connectivity index (χ3v) is 6.94. The number of hydrogen-bond donors (Lipinski definition) is 0. The Bertz CT molecular complexity index is 684. The molecule has 2 aromatic carbocycles. The van der Waals surface area contributed by atoms with Crippen molar-refractivity contribution in [2.24, 2.45) is 0 Å². The Morgan fingerprint density at radius 3 is 1.50 bits per heavy atom. The van der Waals surface area contributed by atoms with E-state index in [0.29, 0.717) is 0 Å². The van der Waals surface area contributed by atoms with Crippen molar-refractivity contribution in [1.82, 2.24) is 0 Å². The van der Waals surface area contributed by atoms with Crippen molar-refractivity contribution < 1.29 is 0 Å². The second-order valence-electron chi connectivity index (χ2n) is 9.76. The summed E-state index contributed by atoms with van der Waals surface area (Å²) in [6.07, 6.45) is 24.9. The van der Waals surface area contributed by atoms with Crippen LogP contribution in [0.15, 0.2) is 48.5 Å². The van der Waals surface area contributed by atoms with Crippen molar-refractivity contribution in [3.63, 3.8) is 0 Å². The van der Waals surface area contributed by atoms with Crippen molar-refractivity contribution in [3.8, 4) is 11.1 Å². The highest BCUT2D eigenvalue weighted by Gasteiger charge is 2.10. The largest absolute Gasteiger partial charge is 0.0654 e. The maximum atomic E-state index is 2.41. The molecule has 0 atom stereocenters. The fourth-order valence-corrected chi connectivity index (χ4v) is 4.94. The molecular formula is C32H50. The Hall–Kier alpha value is -1.56. The van der Waals surface area contributed by atoms with E-state index >= 15 is 0 Å². The molecule has 0 saturated heterocycles. The molecule has 0 unspecified atom stereocenters. The molecule has 178 valence electrons. The van der Waals surface area contributed by atoms with Gasteiger partial charge in [0.1, 0.15) is 0 Å². The SMILES string of the molecule is CCCCCCCCCCCCc1c(CCCCCCCC)cccc1-c1ccccc1. The van der Waals surface area contributed by atoms with Crippen LogP contribution >= 0.6 is 0 Å². The van der Waals surface area contributed by atoms with Gasteiger partial charge in [-0.2, -0.15) is 0 Å². The molecule has 0 aliphatic heterocycles. The van der Waals surface area contributed by atoms with Gasteiger partial charge in [0, 0.05) is 0 Å². The van der Waals surface area contributed by atoms with Crippen LogP contribution in [0.1, 0.15) is 128 Å². The minimum atomic E-state index is 1.24. The predicted molar refractivity (Wildman–Crippen MR) is 145 cm³/mol. The summed E-state index contributed by atoms with van der Waals surface area (Å²) >= 11 is 0. The molecular weight excluding hydrogens is 384 g/mol. The standard InChI is InChI=1S/C32H50/c1-3-5-7-9-11-12-13-14-16-21-27-31-30(23-18-15-10-8-6-4-2)26-22-28-32(31)29-24-19-17-20-25-29/h17,19-20,22,24-26,28H,3-16,18,21,23,27H2,1-2H3.